The summed E-state index contributed by atoms with van der Waals surface area (Å²) in [5, 5.41) is 23.1. The highest BCUT2D eigenvalue weighted by Gasteiger charge is 2.50. The van der Waals surface area contributed by atoms with Gasteiger partial charge in [0.15, 0.2) is 0 Å². The molecular formula is C33H34N8O9. The molecule has 2 saturated heterocycles. The Bertz CT molecular complexity index is 1710. The molecule has 4 unspecified atom stereocenters. The van der Waals surface area contributed by atoms with Crippen LogP contribution in [0.2, 0.25) is 0 Å². The van der Waals surface area contributed by atoms with Crippen molar-refractivity contribution in [2.45, 2.75) is 36.9 Å². The highest BCUT2D eigenvalue weighted by molar-refractivity contribution is 5.91. The van der Waals surface area contributed by atoms with E-state index in [0.29, 0.717) is 39.0 Å². The second-order valence-corrected chi connectivity index (χ2v) is 12.6. The molecule has 2 aromatic heterocycles. The summed E-state index contributed by atoms with van der Waals surface area (Å²) in [4.78, 5) is 71.2. The van der Waals surface area contributed by atoms with Gasteiger partial charge in [-0.1, -0.05) is 0 Å². The van der Waals surface area contributed by atoms with Crippen LogP contribution in [-0.2, 0) is 9.47 Å². The van der Waals surface area contributed by atoms with Crippen LogP contribution in [0, 0.1) is 32.1 Å². The Kier molecular flexibility index (Phi) is 9.05. The number of ether oxygens (including phenoxy) is 2. The van der Waals surface area contributed by atoms with Gasteiger partial charge in [0.05, 0.1) is 33.6 Å². The van der Waals surface area contributed by atoms with Crippen LogP contribution < -0.4 is 21.3 Å². The van der Waals surface area contributed by atoms with Crippen LogP contribution in [0.15, 0.2) is 84.5 Å². The molecule has 2 aliphatic heterocycles. The van der Waals surface area contributed by atoms with Gasteiger partial charge < -0.3 is 30.7 Å². The summed E-state index contributed by atoms with van der Waals surface area (Å²) in [7, 11) is 0. The summed E-state index contributed by atoms with van der Waals surface area (Å²) < 4.78 is 12.3. The van der Waals surface area contributed by atoms with Crippen LogP contribution in [0.5, 0.6) is 0 Å². The van der Waals surface area contributed by atoms with E-state index in [1.165, 1.54) is 61.0 Å². The molecule has 0 aromatic carbocycles. The molecule has 4 aliphatic rings. The number of primary amides is 2. The zero-order valence-electron chi connectivity index (χ0n) is 26.8. The highest BCUT2D eigenvalue weighted by Crippen LogP contribution is 2.43. The Balaban J connectivity index is 1.23. The lowest BCUT2D eigenvalue weighted by Gasteiger charge is -2.40. The second-order valence-electron chi connectivity index (χ2n) is 12.6. The van der Waals surface area contributed by atoms with Crippen molar-refractivity contribution < 1.29 is 33.7 Å². The number of carbonyl (C=O) groups is 3. The van der Waals surface area contributed by atoms with Gasteiger partial charge in [0.25, 0.3) is 23.2 Å². The number of allylic oxidation sites excluding steroid dienone is 2. The lowest BCUT2D eigenvalue weighted by Crippen LogP contribution is -2.47. The number of hydrogen-bond acceptors (Lipinski definition) is 13. The lowest BCUT2D eigenvalue weighted by molar-refractivity contribution is -0.419. The largest absolute Gasteiger partial charge is 0.510 e. The number of anilines is 2. The fourth-order valence-corrected chi connectivity index (χ4v) is 7.00. The van der Waals surface area contributed by atoms with Crippen molar-refractivity contribution in [3.63, 3.8) is 0 Å². The highest BCUT2D eigenvalue weighted by atomic mass is 16.7. The molecule has 4 atom stereocenters. The van der Waals surface area contributed by atoms with Gasteiger partial charge in [-0.25, -0.2) is 14.8 Å². The number of carbonyl (C=O) groups excluding carboxylic acids is 3. The topological polar surface area (TPSA) is 240 Å². The van der Waals surface area contributed by atoms with Crippen LogP contribution in [-0.4, -0.2) is 75.2 Å². The van der Waals surface area contributed by atoms with Crippen LogP contribution in [0.25, 0.3) is 0 Å². The Morgan fingerprint density at radius 2 is 1.16 bits per heavy atom. The molecule has 0 bridgehead atoms. The van der Waals surface area contributed by atoms with Crippen molar-refractivity contribution in [2.24, 2.45) is 23.3 Å². The van der Waals surface area contributed by atoms with E-state index in [9.17, 15) is 34.6 Å². The summed E-state index contributed by atoms with van der Waals surface area (Å²) in [5.41, 5.74) is 9.46. The Labute approximate surface area is 285 Å². The first kappa shape index (κ1) is 33.8. The molecule has 0 spiro atoms. The Hall–Kier alpha value is -6.13. The van der Waals surface area contributed by atoms with E-state index in [1.807, 2.05) is 9.80 Å². The molecule has 2 aliphatic carbocycles. The maximum Gasteiger partial charge on any atom is 0.510 e. The van der Waals surface area contributed by atoms with Crippen molar-refractivity contribution in [3.8, 4) is 0 Å². The summed E-state index contributed by atoms with van der Waals surface area (Å²) in [6.07, 6.45) is 11.7. The normalized spacial score (nSPS) is 25.8. The van der Waals surface area contributed by atoms with E-state index in [4.69, 9.17) is 20.9 Å². The van der Waals surface area contributed by atoms with Gasteiger partial charge in [-0.3, -0.25) is 29.8 Å². The fraction of sp³-hybridized carbons (Fsp3) is 0.364. The van der Waals surface area contributed by atoms with Crippen molar-refractivity contribution in [1.29, 1.82) is 0 Å². The third-order valence-electron chi connectivity index (χ3n) is 9.79. The first-order chi connectivity index (χ1) is 23.9. The van der Waals surface area contributed by atoms with Gasteiger partial charge >= 0.3 is 6.16 Å². The molecule has 0 saturated carbocycles. The SMILES string of the molecule is NC(=O)c1ccc(N2CCC(C3(OC(=O)OC4(C5CCN(c6ccc(C(N)=O)nc6)C5)C=CC([N+](=O)[O-])=CC4)C=CC([N+](=O)[O-])=CC3)C2)cn1. The van der Waals surface area contributed by atoms with Gasteiger partial charge in [-0.05, 0) is 61.4 Å². The lowest BCUT2D eigenvalue weighted by atomic mass is 9.80. The average Bonchev–Trinajstić information content (AvgIpc) is 3.81. The number of aromatic nitrogens is 2. The number of nitrogens with two attached hydrogens (primary N) is 2. The summed E-state index contributed by atoms with van der Waals surface area (Å²) in [5.74, 6) is -1.94. The minimum Gasteiger partial charge on any atom is -0.423 e. The van der Waals surface area contributed by atoms with Crippen molar-refractivity contribution >= 4 is 29.3 Å². The van der Waals surface area contributed by atoms with Crippen LogP contribution >= 0.6 is 0 Å². The van der Waals surface area contributed by atoms with Crippen LogP contribution in [0.1, 0.15) is 46.7 Å². The molecule has 0 radical (unpaired) electrons. The molecule has 50 heavy (non-hydrogen) atoms. The number of rotatable bonds is 10. The first-order valence-corrected chi connectivity index (χ1v) is 15.9. The molecule has 6 rings (SSSR count). The molecule has 17 heteroatoms. The molecular weight excluding hydrogens is 652 g/mol. The van der Waals surface area contributed by atoms with E-state index in [1.54, 1.807) is 12.1 Å². The van der Waals surface area contributed by atoms with Gasteiger partial charge in [0.1, 0.15) is 22.6 Å². The predicted octanol–water partition coefficient (Wildman–Crippen LogP) is 2.90. The van der Waals surface area contributed by atoms with Crippen molar-refractivity contribution in [2.75, 3.05) is 36.0 Å². The smallest absolute Gasteiger partial charge is 0.423 e. The van der Waals surface area contributed by atoms with E-state index in [-0.39, 0.29) is 47.5 Å². The van der Waals surface area contributed by atoms with Gasteiger partial charge in [0, 0.05) is 63.0 Å². The Morgan fingerprint density at radius 1 is 0.740 bits per heavy atom. The molecule has 17 nitrogen and oxygen atoms in total. The summed E-state index contributed by atoms with van der Waals surface area (Å²) in [6, 6.07) is 6.48. The quantitative estimate of drug-likeness (QED) is 0.208. The summed E-state index contributed by atoms with van der Waals surface area (Å²) >= 11 is 0. The molecule has 2 fully saturated rings. The number of pyridine rings is 2. The molecule has 2 aromatic rings. The summed E-state index contributed by atoms with van der Waals surface area (Å²) in [6.45, 7) is 1.90. The van der Waals surface area contributed by atoms with E-state index in [2.05, 4.69) is 9.97 Å². The number of amides is 2. The number of nitro groups is 2. The van der Waals surface area contributed by atoms with E-state index < -0.39 is 39.0 Å². The van der Waals surface area contributed by atoms with Gasteiger partial charge in [-0.15, -0.1) is 0 Å². The zero-order valence-corrected chi connectivity index (χ0v) is 26.8. The van der Waals surface area contributed by atoms with Gasteiger partial charge in [0.2, 0.25) is 0 Å². The average molecular weight is 687 g/mol. The predicted molar refractivity (Wildman–Crippen MR) is 177 cm³/mol. The molecule has 4 heterocycles. The first-order valence-electron chi connectivity index (χ1n) is 15.9. The van der Waals surface area contributed by atoms with Crippen LogP contribution in [0.3, 0.4) is 0 Å². The van der Waals surface area contributed by atoms with Crippen molar-refractivity contribution in [1.82, 2.24) is 9.97 Å². The maximum atomic E-state index is 13.9. The second kappa shape index (κ2) is 13.4. The van der Waals surface area contributed by atoms with Gasteiger partial charge in [-0.2, -0.15) is 0 Å². The van der Waals surface area contributed by atoms with E-state index in [0.717, 1.165) is 11.4 Å². The minimum atomic E-state index is -1.30. The molecule has 4 N–H and O–H groups in total. The van der Waals surface area contributed by atoms with E-state index >= 15 is 0 Å². The third kappa shape index (κ3) is 6.74. The maximum absolute atomic E-state index is 13.9. The minimum absolute atomic E-state index is 0.0198. The monoisotopic (exact) mass is 686 g/mol. The van der Waals surface area contributed by atoms with Crippen LogP contribution in [0.4, 0.5) is 16.2 Å². The van der Waals surface area contributed by atoms with Crippen molar-refractivity contribution in [3.05, 3.63) is 116 Å². The zero-order chi connectivity index (χ0) is 35.6. The number of nitrogens with zero attached hydrogens (tertiary/aromatic N) is 6. The molecule has 2 amide bonds. The molecule has 260 valence electrons. The fourth-order valence-electron chi connectivity index (χ4n) is 7.00. The number of hydrogen-bond donors (Lipinski definition) is 2. The third-order valence-corrected chi connectivity index (χ3v) is 9.79. The standard InChI is InChI=1S/C33H34N8O9/c34-29(42)27-3-1-25(17-36-27)38-15-9-21(19-38)32(11-5-23(6-12-32)40(45)46)49-31(44)50-33(13-7-24(8-14-33)41(47)48)22-10-16-39(20-22)26-2-4-28(30(35)43)37-18-26/h1-8,11,13,17-18,21-22H,9-10,12,14-16,19-20H2,(H2,34,42)(H2,35,43). The Morgan fingerprint density at radius 3 is 1.46 bits per heavy atom.